The Kier molecular flexibility index (Phi) is 3.80. The Morgan fingerprint density at radius 3 is 2.96 bits per heavy atom. The summed E-state index contributed by atoms with van der Waals surface area (Å²) in [7, 11) is 0. The highest BCUT2D eigenvalue weighted by molar-refractivity contribution is 6.36. The Morgan fingerprint density at radius 2 is 2.24 bits per heavy atom. The second-order valence-electron chi connectivity index (χ2n) is 7.63. The standard InChI is InChI=1S/C19H21ClN2O3/c1-11-6-12-9-24-14-5-4-13(20)18(17(12)14)22(8-11)16(23)7-15-21-19(2,3)10-25-15/h4-5,9,11H,6-8,10H2,1-3H3. The van der Waals surface area contributed by atoms with Crippen LogP contribution in [0.25, 0.3) is 11.0 Å². The van der Waals surface area contributed by atoms with E-state index in [9.17, 15) is 4.79 Å². The summed E-state index contributed by atoms with van der Waals surface area (Å²) < 4.78 is 11.3. The van der Waals surface area contributed by atoms with E-state index in [4.69, 9.17) is 20.8 Å². The molecule has 5 nitrogen and oxygen atoms in total. The first-order valence-corrected chi connectivity index (χ1v) is 8.92. The van der Waals surface area contributed by atoms with E-state index in [1.807, 2.05) is 19.9 Å². The molecule has 0 saturated heterocycles. The van der Waals surface area contributed by atoms with Gasteiger partial charge < -0.3 is 14.1 Å². The second-order valence-corrected chi connectivity index (χ2v) is 8.03. The zero-order valence-electron chi connectivity index (χ0n) is 14.6. The van der Waals surface area contributed by atoms with E-state index in [1.54, 1.807) is 17.2 Å². The number of hydrogen-bond donors (Lipinski definition) is 0. The first-order chi connectivity index (χ1) is 11.8. The number of amides is 1. The molecule has 25 heavy (non-hydrogen) atoms. The topological polar surface area (TPSA) is 55.0 Å². The van der Waals surface area contributed by atoms with Crippen molar-refractivity contribution in [1.29, 1.82) is 0 Å². The van der Waals surface area contributed by atoms with Crippen molar-refractivity contribution in [3.8, 4) is 0 Å². The van der Waals surface area contributed by atoms with E-state index < -0.39 is 0 Å². The predicted octanol–water partition coefficient (Wildman–Crippen LogP) is 4.21. The predicted molar refractivity (Wildman–Crippen MR) is 98.5 cm³/mol. The van der Waals surface area contributed by atoms with Gasteiger partial charge in [0.15, 0.2) is 5.90 Å². The number of rotatable bonds is 2. The van der Waals surface area contributed by atoms with Crippen LogP contribution in [-0.4, -0.2) is 30.5 Å². The molecule has 3 heterocycles. The first-order valence-electron chi connectivity index (χ1n) is 8.54. The van der Waals surface area contributed by atoms with Gasteiger partial charge in [-0.15, -0.1) is 0 Å². The maximum atomic E-state index is 13.1. The molecule has 1 aromatic heterocycles. The van der Waals surface area contributed by atoms with Crippen LogP contribution in [0.1, 0.15) is 32.8 Å². The molecule has 2 aliphatic heterocycles. The number of aliphatic imine (C=N–C) groups is 1. The Hall–Kier alpha value is -2.01. The van der Waals surface area contributed by atoms with E-state index >= 15 is 0 Å². The quantitative estimate of drug-likeness (QED) is 0.806. The highest BCUT2D eigenvalue weighted by atomic mass is 35.5. The number of furan rings is 1. The van der Waals surface area contributed by atoms with Crippen molar-refractivity contribution in [1.82, 2.24) is 0 Å². The number of anilines is 1. The van der Waals surface area contributed by atoms with Crippen LogP contribution in [0.3, 0.4) is 0 Å². The Balaban J connectivity index is 1.74. The van der Waals surface area contributed by atoms with Crippen molar-refractivity contribution in [2.24, 2.45) is 10.9 Å². The first kappa shape index (κ1) is 16.5. The summed E-state index contributed by atoms with van der Waals surface area (Å²) in [5.41, 5.74) is 2.34. The number of halogens is 1. The molecule has 0 bridgehead atoms. The van der Waals surface area contributed by atoms with Gasteiger partial charge in [0.1, 0.15) is 18.6 Å². The molecule has 1 unspecified atom stereocenters. The molecule has 0 aliphatic carbocycles. The molecule has 4 rings (SSSR count). The van der Waals surface area contributed by atoms with Crippen LogP contribution in [0.5, 0.6) is 0 Å². The van der Waals surface area contributed by atoms with Gasteiger partial charge in [0.25, 0.3) is 0 Å². The number of carbonyl (C=O) groups excluding carboxylic acids is 1. The molecule has 1 amide bonds. The Labute approximate surface area is 151 Å². The van der Waals surface area contributed by atoms with E-state index in [-0.39, 0.29) is 17.9 Å². The highest BCUT2D eigenvalue weighted by Crippen LogP contribution is 2.41. The van der Waals surface area contributed by atoms with Crippen LogP contribution in [0.15, 0.2) is 27.8 Å². The minimum absolute atomic E-state index is 0.0493. The van der Waals surface area contributed by atoms with E-state index in [2.05, 4.69) is 11.9 Å². The number of hydrogen-bond acceptors (Lipinski definition) is 4. The number of carbonyl (C=O) groups is 1. The summed E-state index contributed by atoms with van der Waals surface area (Å²) in [6.07, 6.45) is 2.78. The third-order valence-corrected chi connectivity index (χ3v) is 5.00. The lowest BCUT2D eigenvalue weighted by Gasteiger charge is -2.25. The molecule has 1 atom stereocenters. The normalized spacial score (nSPS) is 21.8. The van der Waals surface area contributed by atoms with Gasteiger partial charge in [-0.05, 0) is 38.3 Å². The van der Waals surface area contributed by atoms with Gasteiger partial charge in [-0.1, -0.05) is 18.5 Å². The fourth-order valence-corrected chi connectivity index (χ4v) is 3.87. The molecule has 0 fully saturated rings. The molecule has 2 aliphatic rings. The third kappa shape index (κ3) is 2.91. The molecule has 0 radical (unpaired) electrons. The van der Waals surface area contributed by atoms with Gasteiger partial charge in [0.05, 0.1) is 22.5 Å². The van der Waals surface area contributed by atoms with Crippen LogP contribution in [0.4, 0.5) is 5.69 Å². The maximum absolute atomic E-state index is 13.1. The second kappa shape index (κ2) is 5.77. The van der Waals surface area contributed by atoms with E-state index in [0.29, 0.717) is 30.0 Å². The number of ether oxygens (including phenoxy) is 1. The van der Waals surface area contributed by atoms with Crippen LogP contribution in [0, 0.1) is 5.92 Å². The van der Waals surface area contributed by atoms with Crippen molar-refractivity contribution in [3.05, 3.63) is 29.0 Å². The lowest BCUT2D eigenvalue weighted by molar-refractivity contribution is -0.117. The summed E-state index contributed by atoms with van der Waals surface area (Å²) in [6, 6.07) is 3.64. The summed E-state index contributed by atoms with van der Waals surface area (Å²) in [6.45, 7) is 7.24. The van der Waals surface area contributed by atoms with Crippen LogP contribution < -0.4 is 4.90 Å². The molecule has 132 valence electrons. The molecule has 2 aromatic rings. The van der Waals surface area contributed by atoms with Gasteiger partial charge in [0, 0.05) is 17.5 Å². The van der Waals surface area contributed by atoms with Gasteiger partial charge in [0.2, 0.25) is 5.91 Å². The lowest BCUT2D eigenvalue weighted by Crippen LogP contribution is -2.36. The summed E-state index contributed by atoms with van der Waals surface area (Å²) >= 11 is 6.49. The fraction of sp³-hybridized carbons (Fsp3) is 0.474. The number of benzene rings is 1. The van der Waals surface area contributed by atoms with Crippen molar-refractivity contribution in [2.75, 3.05) is 18.1 Å². The zero-order chi connectivity index (χ0) is 17.8. The molecule has 0 N–H and O–H groups in total. The number of nitrogens with zero attached hydrogens (tertiary/aromatic N) is 2. The lowest BCUT2D eigenvalue weighted by atomic mass is 10.0. The maximum Gasteiger partial charge on any atom is 0.236 e. The minimum Gasteiger partial charge on any atom is -0.478 e. The zero-order valence-corrected chi connectivity index (χ0v) is 15.4. The summed E-state index contributed by atoms with van der Waals surface area (Å²) in [5.74, 6) is 0.755. The molecule has 6 heteroatoms. The minimum atomic E-state index is -0.267. The van der Waals surface area contributed by atoms with Crippen LogP contribution in [-0.2, 0) is 16.0 Å². The third-order valence-electron chi connectivity index (χ3n) is 4.70. The van der Waals surface area contributed by atoms with Gasteiger partial charge >= 0.3 is 0 Å². The largest absolute Gasteiger partial charge is 0.478 e. The van der Waals surface area contributed by atoms with E-state index in [0.717, 1.165) is 28.6 Å². The van der Waals surface area contributed by atoms with Gasteiger partial charge in [-0.2, -0.15) is 0 Å². The highest BCUT2D eigenvalue weighted by Gasteiger charge is 2.32. The van der Waals surface area contributed by atoms with Crippen molar-refractivity contribution < 1.29 is 13.9 Å². The molecule has 0 spiro atoms. The summed E-state index contributed by atoms with van der Waals surface area (Å²) in [5, 5.41) is 1.51. The molecule has 0 saturated carbocycles. The Morgan fingerprint density at radius 1 is 1.44 bits per heavy atom. The average Bonchev–Trinajstić information content (AvgIpc) is 3.04. The van der Waals surface area contributed by atoms with Crippen molar-refractivity contribution in [3.63, 3.8) is 0 Å². The Bertz CT molecular complexity index is 884. The van der Waals surface area contributed by atoms with Crippen LogP contribution >= 0.6 is 11.6 Å². The SMILES string of the molecule is CC1Cc2coc3ccc(Cl)c(c23)N(C(=O)CC2=NC(C)(C)CO2)C1. The van der Waals surface area contributed by atoms with Gasteiger partial charge in [-0.25, -0.2) is 4.99 Å². The average molecular weight is 361 g/mol. The van der Waals surface area contributed by atoms with Crippen molar-refractivity contribution >= 4 is 40.1 Å². The van der Waals surface area contributed by atoms with Crippen LogP contribution in [0.2, 0.25) is 5.02 Å². The monoisotopic (exact) mass is 360 g/mol. The fourth-order valence-electron chi connectivity index (χ4n) is 3.61. The van der Waals surface area contributed by atoms with Crippen molar-refractivity contribution in [2.45, 2.75) is 39.2 Å². The summed E-state index contributed by atoms with van der Waals surface area (Å²) in [4.78, 5) is 19.3. The molecule has 1 aromatic carbocycles. The molecular formula is C19H21ClN2O3. The molecular weight excluding hydrogens is 340 g/mol. The van der Waals surface area contributed by atoms with E-state index in [1.165, 1.54) is 0 Å². The van der Waals surface area contributed by atoms with Gasteiger partial charge in [-0.3, -0.25) is 4.79 Å². The smallest absolute Gasteiger partial charge is 0.236 e.